The number of methoxy groups -OCH3 is 2. The molecule has 4 aromatic heterocycles. The number of phenolic OH excluding ortho intramolecular Hbond substituents is 1. The molecule has 67 heavy (non-hydrogen) atoms. The second-order valence-electron chi connectivity index (χ2n) is 17.6. The predicted molar refractivity (Wildman–Crippen MR) is 255 cm³/mol. The third-order valence-corrected chi connectivity index (χ3v) is 15.8. The Hall–Kier alpha value is -7.24. The van der Waals surface area contributed by atoms with Gasteiger partial charge < -0.3 is 19.1 Å². The molecule has 0 spiro atoms. The lowest BCUT2D eigenvalue weighted by atomic mass is 9.56. The number of aromatic nitrogens is 7. The van der Waals surface area contributed by atoms with Gasteiger partial charge in [-0.25, -0.2) is 33.4 Å². The van der Waals surface area contributed by atoms with E-state index in [1.54, 1.807) is 66.5 Å². The van der Waals surface area contributed by atoms with Gasteiger partial charge in [-0.05, 0) is 72.0 Å². The number of anilines is 1. The van der Waals surface area contributed by atoms with E-state index in [1.165, 1.54) is 33.1 Å². The van der Waals surface area contributed by atoms with Crippen LogP contribution in [0.5, 0.6) is 17.2 Å². The number of ether oxygens (including phenoxy) is 2. The van der Waals surface area contributed by atoms with Crippen LogP contribution in [0.4, 0.5) is 5.82 Å². The lowest BCUT2D eigenvalue weighted by molar-refractivity contribution is -0.129. The minimum Gasteiger partial charge on any atom is -0.507 e. The van der Waals surface area contributed by atoms with Crippen molar-refractivity contribution in [1.29, 1.82) is 0 Å². The average Bonchev–Trinajstić information content (AvgIpc) is 3.99. The quantitative estimate of drug-likeness (QED) is 0.129. The standard InChI is InChI=1S/C49H43ClN8O8S/c1-24-30-19-25(50)11-14-40(30)67-43(24)34-22-41(54(4)52-34)57-44(60)31-20-35-29(42(49(31,2)46(57)62)28-12-13-37(59)27-10-8-7-9-26(27)28)15-18-56-47(63)55(48(64)58(35)56)17-16-32-45(61)53(3)36-23-39(66-6)38(65-5)21-33(36)51-32/h7-15,19,21-23,31,35,42,59H,16-18,20H2,1-6H3. The normalized spacial score (nSPS) is 20.1. The second-order valence-corrected chi connectivity index (χ2v) is 19.1. The monoisotopic (exact) mass is 938 g/mol. The maximum absolute atomic E-state index is 15.5. The Bertz CT molecular complexity index is 3710. The highest BCUT2D eigenvalue weighted by atomic mass is 35.5. The molecule has 2 aliphatic heterocycles. The van der Waals surface area contributed by atoms with E-state index in [-0.39, 0.29) is 37.4 Å². The molecule has 0 radical (unpaired) electrons. The number of benzene rings is 4. The van der Waals surface area contributed by atoms with Crippen molar-refractivity contribution in [1.82, 2.24) is 33.3 Å². The molecule has 3 aliphatic rings. The Kier molecular flexibility index (Phi) is 9.59. The Morgan fingerprint density at radius 3 is 2.42 bits per heavy atom. The van der Waals surface area contributed by atoms with Crippen LogP contribution in [-0.2, 0) is 43.2 Å². The molecule has 8 aromatic rings. The smallest absolute Gasteiger partial charge is 0.347 e. The first-order chi connectivity index (χ1) is 32.2. The van der Waals surface area contributed by atoms with Gasteiger partial charge in [0, 0.05) is 66.3 Å². The number of phenols is 1. The van der Waals surface area contributed by atoms with E-state index in [4.69, 9.17) is 26.2 Å². The van der Waals surface area contributed by atoms with E-state index >= 15 is 9.59 Å². The van der Waals surface area contributed by atoms with Crippen molar-refractivity contribution in [2.24, 2.45) is 25.4 Å². The highest BCUT2D eigenvalue weighted by Gasteiger charge is 2.66. The van der Waals surface area contributed by atoms with Crippen molar-refractivity contribution in [3.8, 4) is 27.8 Å². The van der Waals surface area contributed by atoms with Crippen LogP contribution in [0.3, 0.4) is 0 Å². The van der Waals surface area contributed by atoms with Crippen molar-refractivity contribution in [3.63, 3.8) is 0 Å². The lowest BCUT2D eigenvalue weighted by Crippen LogP contribution is -2.49. The molecule has 1 saturated carbocycles. The van der Waals surface area contributed by atoms with Crippen LogP contribution >= 0.6 is 22.9 Å². The summed E-state index contributed by atoms with van der Waals surface area (Å²) in [5, 5.41) is 18.7. The fourth-order valence-corrected chi connectivity index (χ4v) is 12.3. The van der Waals surface area contributed by atoms with Gasteiger partial charge in [0.1, 0.15) is 23.0 Å². The Labute approximate surface area is 390 Å². The number of thiophene rings is 1. The molecule has 1 N–H and O–H groups in total. The third kappa shape index (κ3) is 5.99. The summed E-state index contributed by atoms with van der Waals surface area (Å²) in [6.45, 7) is 3.67. The van der Waals surface area contributed by atoms with Gasteiger partial charge in [0.25, 0.3) is 5.56 Å². The van der Waals surface area contributed by atoms with Crippen LogP contribution in [0.1, 0.15) is 42.1 Å². The molecule has 4 aromatic carbocycles. The first-order valence-corrected chi connectivity index (χ1v) is 22.9. The Balaban J connectivity index is 1.01. The van der Waals surface area contributed by atoms with Gasteiger partial charge in [-0.15, -0.1) is 11.3 Å². The number of carbonyl (C=O) groups excluding carboxylic acids is 2. The first-order valence-electron chi connectivity index (χ1n) is 21.7. The maximum Gasteiger partial charge on any atom is 0.347 e. The van der Waals surface area contributed by atoms with E-state index in [1.807, 2.05) is 56.3 Å². The Morgan fingerprint density at radius 2 is 1.66 bits per heavy atom. The summed E-state index contributed by atoms with van der Waals surface area (Å²) in [7, 11) is 6.32. The number of halogens is 1. The fraction of sp³-hybridized carbons (Fsp3) is 0.286. The molecule has 1 aliphatic carbocycles. The van der Waals surface area contributed by atoms with Crippen LogP contribution in [0.25, 0.3) is 42.5 Å². The molecule has 11 rings (SSSR count). The molecular formula is C49H43ClN8O8S. The van der Waals surface area contributed by atoms with Crippen molar-refractivity contribution >= 4 is 72.5 Å². The third-order valence-electron chi connectivity index (χ3n) is 14.3. The average molecular weight is 939 g/mol. The minimum atomic E-state index is -1.38. The van der Waals surface area contributed by atoms with E-state index < -0.39 is 52.0 Å². The molecule has 340 valence electrons. The van der Waals surface area contributed by atoms with Crippen LogP contribution in [-0.4, -0.2) is 64.4 Å². The van der Waals surface area contributed by atoms with E-state index in [0.29, 0.717) is 61.0 Å². The van der Waals surface area contributed by atoms with Gasteiger partial charge in [-0.3, -0.25) is 19.1 Å². The summed E-state index contributed by atoms with van der Waals surface area (Å²) < 4.78 is 18.8. The zero-order chi connectivity index (χ0) is 47.0. The first kappa shape index (κ1) is 42.4. The molecule has 4 atom stereocenters. The number of imide groups is 1. The number of rotatable bonds is 8. The van der Waals surface area contributed by atoms with Crippen molar-refractivity contribution in [2.45, 2.75) is 51.7 Å². The lowest BCUT2D eigenvalue weighted by Gasteiger charge is -2.47. The second kappa shape index (κ2) is 15.1. The van der Waals surface area contributed by atoms with Gasteiger partial charge in [0.15, 0.2) is 11.5 Å². The van der Waals surface area contributed by atoms with Crippen LogP contribution in [0.2, 0.25) is 5.02 Å². The fourth-order valence-electron chi connectivity index (χ4n) is 10.9. The van der Waals surface area contributed by atoms with Crippen molar-refractivity contribution < 1.29 is 24.2 Å². The minimum absolute atomic E-state index is 0.00839. The number of carbonyl (C=O) groups is 2. The molecule has 2 fully saturated rings. The summed E-state index contributed by atoms with van der Waals surface area (Å²) in [4.78, 5) is 80.1. The molecule has 1 saturated heterocycles. The number of allylic oxidation sites excluding steroid dienone is 2. The largest absolute Gasteiger partial charge is 0.507 e. The van der Waals surface area contributed by atoms with Gasteiger partial charge in [0.05, 0.1) is 54.0 Å². The summed E-state index contributed by atoms with van der Waals surface area (Å²) in [5.41, 5.74) is 1.13. The maximum atomic E-state index is 15.5. The molecule has 0 bridgehead atoms. The van der Waals surface area contributed by atoms with Gasteiger partial charge in [-0.1, -0.05) is 48.0 Å². The van der Waals surface area contributed by atoms with Gasteiger partial charge in [-0.2, -0.15) is 5.10 Å². The van der Waals surface area contributed by atoms with Crippen LogP contribution in [0, 0.1) is 18.3 Å². The van der Waals surface area contributed by atoms with Crippen molar-refractivity contribution in [2.75, 3.05) is 19.1 Å². The van der Waals surface area contributed by atoms with E-state index in [0.717, 1.165) is 25.1 Å². The van der Waals surface area contributed by atoms with Gasteiger partial charge in [0.2, 0.25) is 11.8 Å². The molecule has 6 heterocycles. The number of nitrogens with zero attached hydrogens (tertiary/aromatic N) is 8. The van der Waals surface area contributed by atoms with Crippen LogP contribution in [0.15, 0.2) is 98.8 Å². The molecular weight excluding hydrogens is 896 g/mol. The van der Waals surface area contributed by atoms with Gasteiger partial charge >= 0.3 is 11.4 Å². The summed E-state index contributed by atoms with van der Waals surface area (Å²) in [6.07, 6.45) is 1.90. The number of aromatic hydroxyl groups is 1. The molecule has 18 heteroatoms. The zero-order valence-electron chi connectivity index (χ0n) is 37.2. The number of fused-ring (bicyclic) bond motifs is 7. The molecule has 4 unspecified atom stereocenters. The van der Waals surface area contributed by atoms with Crippen molar-refractivity contribution in [3.05, 3.63) is 138 Å². The molecule has 16 nitrogen and oxygen atoms in total. The van der Waals surface area contributed by atoms with Crippen LogP contribution < -0.4 is 31.3 Å². The summed E-state index contributed by atoms with van der Waals surface area (Å²) in [6, 6.07) is 20.7. The highest BCUT2D eigenvalue weighted by Crippen LogP contribution is 2.62. The SMILES string of the molecule is COc1cc2nc(CCn3c(=O)n4n(c3=O)C3CC5C(=O)N(c6cc(-c7sc8ccc(Cl)cc8c7C)nn6C)C(=O)C5(C)C(c5ccc(O)c6ccccc56)C3=CC4)c(=O)n(C)c2cc1OC. The number of amides is 2. The summed E-state index contributed by atoms with van der Waals surface area (Å²) >= 11 is 7.91. The number of hydrogen-bond donors (Lipinski definition) is 1. The zero-order valence-corrected chi connectivity index (χ0v) is 38.8. The highest BCUT2D eigenvalue weighted by molar-refractivity contribution is 7.22. The van der Waals surface area contributed by atoms with E-state index in [9.17, 15) is 19.5 Å². The topological polar surface area (TPSA) is 178 Å². The molecule has 2 amide bonds. The predicted octanol–water partition coefficient (Wildman–Crippen LogP) is 6.62. The Morgan fingerprint density at radius 1 is 0.910 bits per heavy atom. The van der Waals surface area contributed by atoms with E-state index in [2.05, 4.69) is 4.98 Å². The summed E-state index contributed by atoms with van der Waals surface area (Å²) in [5.74, 6) is -1.39. The number of aryl methyl sites for hydroxylation is 4. The number of hydrogen-bond acceptors (Lipinski definition) is 11.